The number of aryl methyl sites for hydroxylation is 3. The Hall–Kier alpha value is -1.77. The van der Waals surface area contributed by atoms with Gasteiger partial charge in [0, 0.05) is 29.2 Å². The van der Waals surface area contributed by atoms with Gasteiger partial charge in [0.2, 0.25) is 0 Å². The molecule has 2 rings (SSSR count). The van der Waals surface area contributed by atoms with Crippen molar-refractivity contribution in [2.45, 2.75) is 20.8 Å². The smallest absolute Gasteiger partial charge is 0.140 e. The Morgan fingerprint density at radius 2 is 1.75 bits per heavy atom. The van der Waals surface area contributed by atoms with Crippen LogP contribution in [0.2, 0.25) is 0 Å². The van der Waals surface area contributed by atoms with E-state index in [4.69, 9.17) is 4.74 Å². The summed E-state index contributed by atoms with van der Waals surface area (Å²) in [6.07, 6.45) is 1.84. The van der Waals surface area contributed by atoms with Crippen molar-refractivity contribution in [2.24, 2.45) is 0 Å². The molecular formula is C13H16N2O. The summed E-state index contributed by atoms with van der Waals surface area (Å²) in [6, 6.07) is 6.14. The normalized spacial score (nSPS) is 10.5. The fraction of sp³-hybridized carbons (Fsp3) is 0.308. The third-order valence-corrected chi connectivity index (χ3v) is 2.76. The molecule has 0 aliphatic rings. The van der Waals surface area contributed by atoms with Crippen LogP contribution >= 0.6 is 0 Å². The third-order valence-electron chi connectivity index (χ3n) is 2.76. The fourth-order valence-electron chi connectivity index (χ4n) is 1.87. The number of hydrogen-bond acceptors (Lipinski definition) is 2. The Morgan fingerprint density at radius 3 is 2.31 bits per heavy atom. The van der Waals surface area contributed by atoms with Gasteiger partial charge in [0.1, 0.15) is 11.6 Å². The van der Waals surface area contributed by atoms with Crippen LogP contribution in [0, 0.1) is 20.8 Å². The SMILES string of the molecule is COc1cc(-n2c(C)ccc2C)ncc1C. The first-order chi connectivity index (χ1) is 7.63. The molecule has 2 aromatic rings. The number of methoxy groups -OCH3 is 1. The predicted octanol–water partition coefficient (Wildman–Crippen LogP) is 2.81. The molecule has 0 N–H and O–H groups in total. The van der Waals surface area contributed by atoms with Gasteiger partial charge >= 0.3 is 0 Å². The lowest BCUT2D eigenvalue weighted by Gasteiger charge is -2.11. The van der Waals surface area contributed by atoms with E-state index in [0.717, 1.165) is 17.1 Å². The van der Waals surface area contributed by atoms with Gasteiger partial charge in [-0.25, -0.2) is 4.98 Å². The Bertz CT molecular complexity index is 495. The fourth-order valence-corrected chi connectivity index (χ4v) is 1.87. The maximum Gasteiger partial charge on any atom is 0.140 e. The monoisotopic (exact) mass is 216 g/mol. The van der Waals surface area contributed by atoms with Crippen molar-refractivity contribution in [3.8, 4) is 11.6 Å². The highest BCUT2D eigenvalue weighted by atomic mass is 16.5. The zero-order valence-electron chi connectivity index (χ0n) is 10.1. The van der Waals surface area contributed by atoms with E-state index in [0.29, 0.717) is 0 Å². The van der Waals surface area contributed by atoms with Gasteiger partial charge in [-0.3, -0.25) is 0 Å². The summed E-state index contributed by atoms with van der Waals surface area (Å²) in [5.74, 6) is 1.78. The summed E-state index contributed by atoms with van der Waals surface area (Å²) in [5, 5.41) is 0. The van der Waals surface area contributed by atoms with Crippen molar-refractivity contribution < 1.29 is 4.74 Å². The summed E-state index contributed by atoms with van der Waals surface area (Å²) in [5.41, 5.74) is 3.40. The van der Waals surface area contributed by atoms with Crippen molar-refractivity contribution in [1.29, 1.82) is 0 Å². The van der Waals surface area contributed by atoms with Crippen LogP contribution in [0.15, 0.2) is 24.4 Å². The number of nitrogens with zero attached hydrogens (tertiary/aromatic N) is 2. The molecule has 0 bridgehead atoms. The molecule has 0 fully saturated rings. The zero-order valence-corrected chi connectivity index (χ0v) is 10.1. The first-order valence-corrected chi connectivity index (χ1v) is 5.29. The molecule has 0 atom stereocenters. The number of pyridine rings is 1. The van der Waals surface area contributed by atoms with Crippen molar-refractivity contribution in [3.63, 3.8) is 0 Å². The molecule has 3 nitrogen and oxygen atoms in total. The Kier molecular flexibility index (Phi) is 2.69. The van der Waals surface area contributed by atoms with E-state index in [1.54, 1.807) is 7.11 Å². The summed E-state index contributed by atoms with van der Waals surface area (Å²) in [6.45, 7) is 6.13. The van der Waals surface area contributed by atoms with E-state index in [1.807, 2.05) is 19.2 Å². The standard InChI is InChI=1S/C13H16N2O/c1-9-8-14-13(7-12(9)16-4)15-10(2)5-6-11(15)3/h5-8H,1-4H3. The van der Waals surface area contributed by atoms with E-state index in [-0.39, 0.29) is 0 Å². The van der Waals surface area contributed by atoms with Crippen LogP contribution in [0.5, 0.6) is 5.75 Å². The molecule has 2 aromatic heterocycles. The van der Waals surface area contributed by atoms with Crippen LogP contribution < -0.4 is 4.74 Å². The second-order valence-corrected chi connectivity index (χ2v) is 3.96. The number of rotatable bonds is 2. The molecule has 2 heterocycles. The highest BCUT2D eigenvalue weighted by Crippen LogP contribution is 2.21. The van der Waals surface area contributed by atoms with E-state index in [2.05, 4.69) is 35.5 Å². The molecule has 0 amide bonds. The first-order valence-electron chi connectivity index (χ1n) is 5.29. The van der Waals surface area contributed by atoms with Crippen molar-refractivity contribution in [3.05, 3.63) is 41.3 Å². The molecular weight excluding hydrogens is 200 g/mol. The maximum atomic E-state index is 5.31. The summed E-state index contributed by atoms with van der Waals surface area (Å²) in [4.78, 5) is 4.43. The van der Waals surface area contributed by atoms with Gasteiger partial charge in [-0.2, -0.15) is 0 Å². The molecule has 0 unspecified atom stereocenters. The van der Waals surface area contributed by atoms with Crippen molar-refractivity contribution in [1.82, 2.24) is 9.55 Å². The second-order valence-electron chi connectivity index (χ2n) is 3.96. The van der Waals surface area contributed by atoms with Gasteiger partial charge in [-0.15, -0.1) is 0 Å². The third kappa shape index (κ3) is 1.69. The van der Waals surface area contributed by atoms with Gasteiger partial charge < -0.3 is 9.30 Å². The van der Waals surface area contributed by atoms with Gasteiger partial charge in [-0.05, 0) is 32.9 Å². The van der Waals surface area contributed by atoms with Crippen LogP contribution in [-0.4, -0.2) is 16.7 Å². The van der Waals surface area contributed by atoms with E-state index in [1.165, 1.54) is 11.4 Å². The largest absolute Gasteiger partial charge is 0.496 e. The Balaban J connectivity index is 2.57. The van der Waals surface area contributed by atoms with Crippen LogP contribution in [0.25, 0.3) is 5.82 Å². The molecule has 0 saturated heterocycles. The van der Waals surface area contributed by atoms with Crippen LogP contribution in [0.3, 0.4) is 0 Å². The lowest BCUT2D eigenvalue weighted by atomic mass is 10.3. The highest BCUT2D eigenvalue weighted by molar-refractivity contribution is 5.40. The summed E-state index contributed by atoms with van der Waals surface area (Å²) in [7, 11) is 1.68. The minimum atomic E-state index is 0.873. The van der Waals surface area contributed by atoms with E-state index >= 15 is 0 Å². The highest BCUT2D eigenvalue weighted by Gasteiger charge is 2.07. The maximum absolute atomic E-state index is 5.31. The average molecular weight is 216 g/mol. The summed E-state index contributed by atoms with van der Waals surface area (Å²) >= 11 is 0. The van der Waals surface area contributed by atoms with Gasteiger partial charge in [0.05, 0.1) is 7.11 Å². The van der Waals surface area contributed by atoms with Crippen LogP contribution in [0.1, 0.15) is 17.0 Å². The summed E-state index contributed by atoms with van der Waals surface area (Å²) < 4.78 is 7.42. The van der Waals surface area contributed by atoms with Crippen molar-refractivity contribution >= 4 is 0 Å². The number of aromatic nitrogens is 2. The number of hydrogen-bond donors (Lipinski definition) is 0. The van der Waals surface area contributed by atoms with Gasteiger partial charge in [0.25, 0.3) is 0 Å². The lowest BCUT2D eigenvalue weighted by Crippen LogP contribution is -2.02. The molecule has 0 saturated carbocycles. The van der Waals surface area contributed by atoms with E-state index < -0.39 is 0 Å². The zero-order chi connectivity index (χ0) is 11.7. The predicted molar refractivity (Wildman–Crippen MR) is 64.3 cm³/mol. The molecule has 16 heavy (non-hydrogen) atoms. The molecule has 0 aromatic carbocycles. The second kappa shape index (κ2) is 4.00. The quantitative estimate of drug-likeness (QED) is 0.771. The number of ether oxygens (including phenoxy) is 1. The molecule has 3 heteroatoms. The minimum absolute atomic E-state index is 0.873. The average Bonchev–Trinajstić information content (AvgIpc) is 2.60. The lowest BCUT2D eigenvalue weighted by molar-refractivity contribution is 0.410. The molecule has 0 aliphatic carbocycles. The van der Waals surface area contributed by atoms with Crippen LogP contribution in [-0.2, 0) is 0 Å². The molecule has 0 aliphatic heterocycles. The van der Waals surface area contributed by atoms with Crippen molar-refractivity contribution in [2.75, 3.05) is 7.11 Å². The first kappa shape index (κ1) is 10.7. The van der Waals surface area contributed by atoms with E-state index in [9.17, 15) is 0 Å². The Morgan fingerprint density at radius 1 is 1.12 bits per heavy atom. The van der Waals surface area contributed by atoms with Crippen LogP contribution in [0.4, 0.5) is 0 Å². The molecule has 0 radical (unpaired) electrons. The van der Waals surface area contributed by atoms with Gasteiger partial charge in [0.15, 0.2) is 0 Å². The topological polar surface area (TPSA) is 27.1 Å². The minimum Gasteiger partial charge on any atom is -0.496 e. The Labute approximate surface area is 95.7 Å². The molecule has 0 spiro atoms. The van der Waals surface area contributed by atoms with Gasteiger partial charge in [-0.1, -0.05) is 0 Å². The molecule has 84 valence electrons.